The van der Waals surface area contributed by atoms with E-state index >= 15 is 0 Å². The number of hydrazine groups is 1. The summed E-state index contributed by atoms with van der Waals surface area (Å²) in [5, 5.41) is 0. The molecule has 3 N–H and O–H groups in total. The number of nitrogen functional groups attached to an aromatic ring is 1. The van der Waals surface area contributed by atoms with Crippen molar-refractivity contribution in [3.63, 3.8) is 0 Å². The minimum absolute atomic E-state index is 0.0497. The van der Waals surface area contributed by atoms with E-state index in [1.807, 2.05) is 0 Å². The molecule has 0 fully saturated rings. The normalized spacial score (nSPS) is 14.3. The summed E-state index contributed by atoms with van der Waals surface area (Å²) in [6.45, 7) is 5.64. The SMILES string of the molecule is CC(C)(C)OC(=O)N1Cc2c(F)cccc2COCc2cc(Br)c(NN)nc21. The quantitative estimate of drug-likeness (QED) is 0.496. The van der Waals surface area contributed by atoms with Crippen LogP contribution in [0.5, 0.6) is 0 Å². The molecule has 0 atom stereocenters. The molecule has 9 heteroatoms. The minimum Gasteiger partial charge on any atom is -0.443 e. The number of anilines is 2. The van der Waals surface area contributed by atoms with Gasteiger partial charge in [-0.15, -0.1) is 0 Å². The van der Waals surface area contributed by atoms with Crippen molar-refractivity contribution in [3.8, 4) is 0 Å². The number of amides is 1. The number of aromatic nitrogens is 1. The highest BCUT2D eigenvalue weighted by molar-refractivity contribution is 9.10. The summed E-state index contributed by atoms with van der Waals surface area (Å²) < 4.78 is 26.5. The van der Waals surface area contributed by atoms with Gasteiger partial charge in [-0.05, 0) is 54.4 Å². The first-order chi connectivity index (χ1) is 13.2. The molecule has 2 aromatic rings. The number of hydrogen-bond donors (Lipinski definition) is 2. The zero-order chi connectivity index (χ0) is 20.5. The predicted molar refractivity (Wildman–Crippen MR) is 107 cm³/mol. The number of carbonyl (C=O) groups is 1. The lowest BCUT2D eigenvalue weighted by molar-refractivity contribution is 0.0575. The van der Waals surface area contributed by atoms with E-state index in [1.54, 1.807) is 39.0 Å². The molecule has 1 aliphatic rings. The molecule has 150 valence electrons. The number of hydrogen-bond acceptors (Lipinski definition) is 6. The first-order valence-electron chi connectivity index (χ1n) is 8.70. The second-order valence-corrected chi connectivity index (χ2v) is 8.24. The van der Waals surface area contributed by atoms with E-state index < -0.39 is 17.5 Å². The first kappa shape index (κ1) is 20.5. The molecular weight excluding hydrogens is 431 g/mol. The van der Waals surface area contributed by atoms with Crippen LogP contribution >= 0.6 is 15.9 Å². The molecule has 28 heavy (non-hydrogen) atoms. The van der Waals surface area contributed by atoms with E-state index in [0.717, 1.165) is 0 Å². The van der Waals surface area contributed by atoms with Crippen LogP contribution in [-0.4, -0.2) is 16.7 Å². The van der Waals surface area contributed by atoms with Crippen molar-refractivity contribution in [1.29, 1.82) is 0 Å². The molecule has 0 bridgehead atoms. The fourth-order valence-electron chi connectivity index (χ4n) is 2.85. The maximum atomic E-state index is 14.6. The van der Waals surface area contributed by atoms with Gasteiger partial charge in [-0.1, -0.05) is 12.1 Å². The summed E-state index contributed by atoms with van der Waals surface area (Å²) in [6.07, 6.45) is -0.636. The third-order valence-electron chi connectivity index (χ3n) is 4.09. The Morgan fingerprint density at radius 3 is 2.75 bits per heavy atom. The van der Waals surface area contributed by atoms with Crippen molar-refractivity contribution in [2.75, 3.05) is 10.3 Å². The van der Waals surface area contributed by atoms with Gasteiger partial charge in [0.1, 0.15) is 17.2 Å². The van der Waals surface area contributed by atoms with Crippen LogP contribution in [-0.2, 0) is 29.2 Å². The number of fused-ring (bicyclic) bond motifs is 2. The standard InChI is InChI=1S/C19H22BrFN4O3/c1-19(2,3)28-18(26)25-8-13-11(5-4-6-15(13)21)9-27-10-12-7-14(20)16(24-22)23-17(12)25/h4-7H,8-10,22H2,1-3H3,(H,23,24). The predicted octanol–water partition coefficient (Wildman–Crippen LogP) is 4.24. The number of ether oxygens (including phenoxy) is 2. The van der Waals surface area contributed by atoms with E-state index in [-0.39, 0.29) is 19.8 Å². The molecule has 0 saturated carbocycles. The van der Waals surface area contributed by atoms with Crippen LogP contribution in [0.4, 0.5) is 20.8 Å². The van der Waals surface area contributed by atoms with Crippen LogP contribution in [0.15, 0.2) is 28.7 Å². The maximum Gasteiger partial charge on any atom is 0.416 e. The van der Waals surface area contributed by atoms with Crippen molar-refractivity contribution < 1.29 is 18.7 Å². The average Bonchev–Trinajstić information content (AvgIpc) is 2.67. The zero-order valence-electron chi connectivity index (χ0n) is 15.9. The number of rotatable bonds is 1. The molecule has 3 rings (SSSR count). The van der Waals surface area contributed by atoms with Crippen LogP contribution in [0.25, 0.3) is 0 Å². The molecule has 1 aliphatic heterocycles. The fourth-order valence-corrected chi connectivity index (χ4v) is 3.33. The average molecular weight is 453 g/mol. The molecule has 1 amide bonds. The summed E-state index contributed by atoms with van der Waals surface area (Å²) in [4.78, 5) is 18.8. The van der Waals surface area contributed by atoms with Gasteiger partial charge in [0, 0.05) is 11.1 Å². The first-order valence-corrected chi connectivity index (χ1v) is 9.49. The van der Waals surface area contributed by atoms with Crippen LogP contribution in [0.2, 0.25) is 0 Å². The molecule has 0 spiro atoms. The Morgan fingerprint density at radius 1 is 1.36 bits per heavy atom. The number of nitrogens with two attached hydrogens (primary N) is 1. The van der Waals surface area contributed by atoms with Crippen molar-refractivity contribution in [3.05, 3.63) is 51.2 Å². The fraction of sp³-hybridized carbons (Fsp3) is 0.368. The molecule has 1 aromatic carbocycles. The molecule has 0 radical (unpaired) electrons. The number of nitrogens with zero attached hydrogens (tertiary/aromatic N) is 2. The largest absolute Gasteiger partial charge is 0.443 e. The Hall–Kier alpha value is -2.23. The number of halogens is 2. The van der Waals surface area contributed by atoms with E-state index in [2.05, 4.69) is 26.3 Å². The summed E-state index contributed by atoms with van der Waals surface area (Å²) in [6, 6.07) is 6.51. The van der Waals surface area contributed by atoms with Gasteiger partial charge in [0.2, 0.25) is 0 Å². The maximum absolute atomic E-state index is 14.6. The number of benzene rings is 1. The molecule has 0 saturated heterocycles. The Bertz CT molecular complexity index is 901. The highest BCUT2D eigenvalue weighted by Gasteiger charge is 2.30. The van der Waals surface area contributed by atoms with Gasteiger partial charge in [0.25, 0.3) is 0 Å². The molecule has 1 aromatic heterocycles. The van der Waals surface area contributed by atoms with E-state index in [0.29, 0.717) is 32.8 Å². The monoisotopic (exact) mass is 452 g/mol. The van der Waals surface area contributed by atoms with Crippen LogP contribution in [0, 0.1) is 5.82 Å². The third-order valence-corrected chi connectivity index (χ3v) is 4.69. The van der Waals surface area contributed by atoms with Crippen molar-refractivity contribution in [2.24, 2.45) is 5.84 Å². The number of pyridine rings is 1. The minimum atomic E-state index is -0.728. The topological polar surface area (TPSA) is 89.7 Å². The van der Waals surface area contributed by atoms with E-state index in [1.165, 1.54) is 11.0 Å². The third kappa shape index (κ3) is 4.43. The van der Waals surface area contributed by atoms with Gasteiger partial charge in [0.15, 0.2) is 5.82 Å². The summed E-state index contributed by atoms with van der Waals surface area (Å²) in [5.74, 6) is 5.74. The van der Waals surface area contributed by atoms with Crippen LogP contribution in [0.1, 0.15) is 37.5 Å². The van der Waals surface area contributed by atoms with Crippen molar-refractivity contribution >= 4 is 33.7 Å². The second kappa shape index (κ2) is 8.02. The number of nitrogens with one attached hydrogen (secondary N) is 1. The Balaban J connectivity index is 2.15. The van der Waals surface area contributed by atoms with Crippen molar-refractivity contribution in [2.45, 2.75) is 46.1 Å². The van der Waals surface area contributed by atoms with Gasteiger partial charge in [-0.3, -0.25) is 4.90 Å². The molecule has 0 aliphatic carbocycles. The van der Waals surface area contributed by atoms with E-state index in [9.17, 15) is 9.18 Å². The highest BCUT2D eigenvalue weighted by Crippen LogP contribution is 2.32. The Labute approximate surface area is 171 Å². The van der Waals surface area contributed by atoms with Crippen LogP contribution in [0.3, 0.4) is 0 Å². The molecular formula is C19H22BrFN4O3. The van der Waals surface area contributed by atoms with Gasteiger partial charge in [-0.25, -0.2) is 20.0 Å². The lowest BCUT2D eigenvalue weighted by atomic mass is 10.1. The Kier molecular flexibility index (Phi) is 5.87. The molecule has 2 heterocycles. The van der Waals surface area contributed by atoms with Crippen molar-refractivity contribution in [1.82, 2.24) is 4.98 Å². The van der Waals surface area contributed by atoms with Gasteiger partial charge >= 0.3 is 6.09 Å². The smallest absolute Gasteiger partial charge is 0.416 e. The lowest BCUT2D eigenvalue weighted by Gasteiger charge is -2.28. The van der Waals surface area contributed by atoms with Gasteiger partial charge in [0.05, 0.1) is 24.2 Å². The molecule has 7 nitrogen and oxygen atoms in total. The zero-order valence-corrected chi connectivity index (χ0v) is 17.5. The summed E-state index contributed by atoms with van der Waals surface area (Å²) in [7, 11) is 0. The Morgan fingerprint density at radius 2 is 2.07 bits per heavy atom. The van der Waals surface area contributed by atoms with Gasteiger partial charge in [-0.2, -0.15) is 0 Å². The molecule has 0 unspecified atom stereocenters. The lowest BCUT2D eigenvalue weighted by Crippen LogP contribution is -2.38. The van der Waals surface area contributed by atoms with Gasteiger partial charge < -0.3 is 14.9 Å². The summed E-state index contributed by atoms with van der Waals surface area (Å²) in [5.41, 5.74) is 3.42. The second-order valence-electron chi connectivity index (χ2n) is 7.38. The number of carbonyl (C=O) groups excluding carboxylic acids is 1. The van der Waals surface area contributed by atoms with Crippen LogP contribution < -0.4 is 16.2 Å². The van der Waals surface area contributed by atoms with E-state index in [4.69, 9.17) is 15.3 Å². The summed E-state index contributed by atoms with van der Waals surface area (Å²) >= 11 is 3.39. The highest BCUT2D eigenvalue weighted by atomic mass is 79.9.